The van der Waals surface area contributed by atoms with Gasteiger partial charge in [0.25, 0.3) is 0 Å². The van der Waals surface area contributed by atoms with Crippen LogP contribution in [0.3, 0.4) is 0 Å². The van der Waals surface area contributed by atoms with Gasteiger partial charge in [-0.25, -0.2) is 4.39 Å². The first kappa shape index (κ1) is 11.5. The molecule has 0 atom stereocenters. The average molecular weight is 226 g/mol. The van der Waals surface area contributed by atoms with Crippen molar-refractivity contribution in [1.82, 2.24) is 0 Å². The Morgan fingerprint density at radius 2 is 2.27 bits per heavy atom. The maximum Gasteiger partial charge on any atom is 0.144 e. The summed E-state index contributed by atoms with van der Waals surface area (Å²) in [6, 6.07) is 5.86. The molecule has 0 aliphatic rings. The fourth-order valence-corrected chi connectivity index (χ4v) is 1.08. The number of halogens is 2. The van der Waals surface area contributed by atoms with Gasteiger partial charge in [-0.05, 0) is 12.1 Å². The topological polar surface area (TPSA) is 33.0 Å². The first-order valence-corrected chi connectivity index (χ1v) is 4.85. The van der Waals surface area contributed by atoms with Gasteiger partial charge in [-0.1, -0.05) is 12.2 Å². The van der Waals surface area contributed by atoms with Crippen molar-refractivity contribution in [2.24, 2.45) is 0 Å². The lowest BCUT2D eigenvalue weighted by Crippen LogP contribution is -1.94. The molecule has 1 rings (SSSR count). The summed E-state index contributed by atoms with van der Waals surface area (Å²) < 4.78 is 18.3. The van der Waals surface area contributed by atoms with Crippen LogP contribution in [-0.4, -0.2) is 12.5 Å². The average Bonchev–Trinajstić information content (AvgIpc) is 2.25. The number of hydrogen-bond acceptors (Lipinski definition) is 2. The number of allylic oxidation sites excluding steroid dienone is 1. The largest absolute Gasteiger partial charge is 0.489 e. The third-order valence-electron chi connectivity index (χ3n) is 1.66. The molecule has 78 valence electrons. The Morgan fingerprint density at radius 3 is 2.87 bits per heavy atom. The first-order chi connectivity index (χ1) is 7.27. The Hall–Kier alpha value is -1.53. The number of ether oxygens (including phenoxy) is 1. The van der Waals surface area contributed by atoms with Gasteiger partial charge in [0, 0.05) is 11.9 Å². The molecule has 0 aliphatic heterocycles. The van der Waals surface area contributed by atoms with Crippen molar-refractivity contribution in [3.05, 3.63) is 41.7 Å². The van der Waals surface area contributed by atoms with Gasteiger partial charge in [0.1, 0.15) is 24.2 Å². The molecule has 0 saturated carbocycles. The third-order valence-corrected chi connectivity index (χ3v) is 1.84. The van der Waals surface area contributed by atoms with Gasteiger partial charge in [-0.15, -0.1) is 11.6 Å². The van der Waals surface area contributed by atoms with Crippen molar-refractivity contribution in [3.8, 4) is 11.8 Å². The van der Waals surface area contributed by atoms with Crippen LogP contribution in [0, 0.1) is 17.1 Å². The molecule has 0 aliphatic carbocycles. The lowest BCUT2D eigenvalue weighted by Gasteiger charge is -2.03. The second-order valence-corrected chi connectivity index (χ2v) is 3.00. The van der Waals surface area contributed by atoms with Crippen LogP contribution in [0.2, 0.25) is 0 Å². The highest BCUT2D eigenvalue weighted by Crippen LogP contribution is 2.15. The minimum atomic E-state index is -0.573. The smallest absolute Gasteiger partial charge is 0.144 e. The van der Waals surface area contributed by atoms with E-state index in [-0.39, 0.29) is 5.56 Å². The van der Waals surface area contributed by atoms with E-state index in [4.69, 9.17) is 21.6 Å². The predicted molar refractivity (Wildman–Crippen MR) is 56.5 cm³/mol. The van der Waals surface area contributed by atoms with Gasteiger partial charge in [0.05, 0.1) is 5.56 Å². The number of hydrogen-bond donors (Lipinski definition) is 0. The fourth-order valence-electron chi connectivity index (χ4n) is 0.952. The van der Waals surface area contributed by atoms with Crippen molar-refractivity contribution in [2.75, 3.05) is 12.5 Å². The summed E-state index contributed by atoms with van der Waals surface area (Å²) in [6.07, 6.45) is 3.48. The van der Waals surface area contributed by atoms with Crippen molar-refractivity contribution in [3.63, 3.8) is 0 Å². The third kappa shape index (κ3) is 3.61. The van der Waals surface area contributed by atoms with Crippen LogP contribution in [0.25, 0.3) is 0 Å². The number of nitrogens with zero attached hydrogens (tertiary/aromatic N) is 1. The van der Waals surface area contributed by atoms with Crippen LogP contribution < -0.4 is 4.74 Å². The van der Waals surface area contributed by atoms with E-state index in [1.54, 1.807) is 24.3 Å². The molecule has 0 aromatic heterocycles. The van der Waals surface area contributed by atoms with Gasteiger partial charge < -0.3 is 4.74 Å². The molecule has 0 fully saturated rings. The summed E-state index contributed by atoms with van der Waals surface area (Å²) in [6.45, 7) is 0.331. The molecular weight excluding hydrogens is 217 g/mol. The van der Waals surface area contributed by atoms with Crippen molar-refractivity contribution in [1.29, 1.82) is 5.26 Å². The Balaban J connectivity index is 2.60. The molecule has 0 spiro atoms. The molecule has 0 heterocycles. The molecule has 0 bridgehead atoms. The maximum absolute atomic E-state index is 13.1. The zero-order chi connectivity index (χ0) is 11.1. The van der Waals surface area contributed by atoms with E-state index in [1.165, 1.54) is 12.1 Å². The van der Waals surface area contributed by atoms with Gasteiger partial charge in [-0.3, -0.25) is 0 Å². The van der Waals surface area contributed by atoms with Crippen LogP contribution in [0.1, 0.15) is 5.56 Å². The molecule has 0 saturated heterocycles. The molecule has 0 unspecified atom stereocenters. The predicted octanol–water partition coefficient (Wildman–Crippen LogP) is 2.87. The SMILES string of the molecule is N#Cc1ccc(OCC=CCCl)cc1F. The molecule has 4 heteroatoms. The van der Waals surface area contributed by atoms with Gasteiger partial charge >= 0.3 is 0 Å². The highest BCUT2D eigenvalue weighted by molar-refractivity contribution is 6.18. The summed E-state index contributed by atoms with van der Waals surface area (Å²) in [5.74, 6) is 0.243. The molecule has 2 nitrogen and oxygen atoms in total. The van der Waals surface area contributed by atoms with Crippen molar-refractivity contribution >= 4 is 11.6 Å². The van der Waals surface area contributed by atoms with Gasteiger partial charge in [0.2, 0.25) is 0 Å². The van der Waals surface area contributed by atoms with E-state index in [0.29, 0.717) is 18.2 Å². The zero-order valence-electron chi connectivity index (χ0n) is 7.91. The number of nitriles is 1. The highest BCUT2D eigenvalue weighted by atomic mass is 35.5. The minimum Gasteiger partial charge on any atom is -0.489 e. The molecule has 0 radical (unpaired) electrons. The number of alkyl halides is 1. The highest BCUT2D eigenvalue weighted by Gasteiger charge is 2.02. The lowest BCUT2D eigenvalue weighted by molar-refractivity contribution is 0.360. The second-order valence-electron chi connectivity index (χ2n) is 2.69. The van der Waals surface area contributed by atoms with Crippen LogP contribution in [0.5, 0.6) is 5.75 Å². The van der Waals surface area contributed by atoms with Crippen LogP contribution >= 0.6 is 11.6 Å². The Labute approximate surface area is 92.5 Å². The number of rotatable bonds is 4. The monoisotopic (exact) mass is 225 g/mol. The second kappa shape index (κ2) is 6.05. The lowest BCUT2D eigenvalue weighted by atomic mass is 10.2. The normalized spacial score (nSPS) is 10.2. The Bertz CT molecular complexity index is 398. The van der Waals surface area contributed by atoms with Crippen LogP contribution in [0.15, 0.2) is 30.4 Å². The van der Waals surface area contributed by atoms with E-state index in [9.17, 15) is 4.39 Å². The van der Waals surface area contributed by atoms with Gasteiger partial charge in [-0.2, -0.15) is 5.26 Å². The van der Waals surface area contributed by atoms with Crippen LogP contribution in [-0.2, 0) is 0 Å². The number of benzene rings is 1. The van der Waals surface area contributed by atoms with Crippen molar-refractivity contribution < 1.29 is 9.13 Å². The molecule has 1 aromatic carbocycles. The Morgan fingerprint density at radius 1 is 1.47 bits per heavy atom. The molecular formula is C11H9ClFNO. The van der Waals surface area contributed by atoms with Crippen molar-refractivity contribution in [2.45, 2.75) is 0 Å². The van der Waals surface area contributed by atoms with E-state index in [2.05, 4.69) is 0 Å². The molecule has 15 heavy (non-hydrogen) atoms. The minimum absolute atomic E-state index is 0.0126. The van der Waals surface area contributed by atoms with E-state index >= 15 is 0 Å². The Kier molecular flexibility index (Phi) is 4.65. The quantitative estimate of drug-likeness (QED) is 0.583. The van der Waals surface area contributed by atoms with Gasteiger partial charge in [0.15, 0.2) is 0 Å². The fraction of sp³-hybridized carbons (Fsp3) is 0.182. The standard InChI is InChI=1S/C11H9ClFNO/c12-5-1-2-6-15-10-4-3-9(8-14)11(13)7-10/h1-4,7H,5-6H2. The molecule has 1 aromatic rings. The van der Waals surface area contributed by atoms with E-state index in [1.807, 2.05) is 0 Å². The zero-order valence-corrected chi connectivity index (χ0v) is 8.67. The van der Waals surface area contributed by atoms with E-state index < -0.39 is 5.82 Å². The summed E-state index contributed by atoms with van der Waals surface area (Å²) in [5.41, 5.74) is 0.0126. The summed E-state index contributed by atoms with van der Waals surface area (Å²) in [5, 5.41) is 8.50. The first-order valence-electron chi connectivity index (χ1n) is 4.31. The maximum atomic E-state index is 13.1. The van der Waals surface area contributed by atoms with E-state index in [0.717, 1.165) is 0 Å². The molecule has 0 N–H and O–H groups in total. The van der Waals surface area contributed by atoms with Crippen LogP contribution in [0.4, 0.5) is 4.39 Å². The summed E-state index contributed by atoms with van der Waals surface area (Å²) in [7, 11) is 0. The molecule has 0 amide bonds. The summed E-state index contributed by atoms with van der Waals surface area (Å²) in [4.78, 5) is 0. The summed E-state index contributed by atoms with van der Waals surface area (Å²) >= 11 is 5.41.